The van der Waals surface area contributed by atoms with Crippen LogP contribution in [0, 0.1) is 0 Å². The summed E-state index contributed by atoms with van der Waals surface area (Å²) >= 11 is 0. The van der Waals surface area contributed by atoms with Gasteiger partial charge in [0.2, 0.25) is 0 Å². The number of unbranched alkanes of at least 4 members (excludes halogenated alkanes) is 9. The van der Waals surface area contributed by atoms with Crippen LogP contribution in [0.4, 0.5) is 0 Å². The van der Waals surface area contributed by atoms with E-state index in [0.29, 0.717) is 6.42 Å². The molecule has 0 atom stereocenters. The Bertz CT molecular complexity index is 250. The van der Waals surface area contributed by atoms with Crippen molar-refractivity contribution in [3.63, 3.8) is 0 Å². The van der Waals surface area contributed by atoms with E-state index in [0.717, 1.165) is 0 Å². The Morgan fingerprint density at radius 1 is 0.760 bits per heavy atom. The molecule has 0 aliphatic rings. The van der Waals surface area contributed by atoms with Gasteiger partial charge in [0.15, 0.2) is 0 Å². The van der Waals surface area contributed by atoms with Gasteiger partial charge in [-0.25, -0.2) is 0 Å². The van der Waals surface area contributed by atoms with E-state index in [1.165, 1.54) is 64.2 Å². The van der Waals surface area contributed by atoms with Gasteiger partial charge in [0.05, 0.1) is 0 Å². The van der Waals surface area contributed by atoms with E-state index in [9.17, 15) is 9.59 Å². The first-order valence-corrected chi connectivity index (χ1v) is 9.11. The molecule has 0 aromatic rings. The number of aliphatic carboxylic acids is 1. The summed E-state index contributed by atoms with van der Waals surface area (Å²) in [6, 6.07) is 0. The Morgan fingerprint density at radius 2 is 1.04 bits per heavy atom. The van der Waals surface area contributed by atoms with E-state index < -0.39 is 5.97 Å². The molecule has 0 unspecified atom stereocenters. The van der Waals surface area contributed by atoms with Crippen LogP contribution in [0.5, 0.6) is 0 Å². The zero-order valence-corrected chi connectivity index (χ0v) is 21.7. The molecule has 0 saturated heterocycles. The fourth-order valence-electron chi connectivity index (χ4n) is 1.64. The summed E-state index contributed by atoms with van der Waals surface area (Å²) in [5.41, 5.74) is 0. The Morgan fingerprint density at radius 3 is 1.16 bits per heavy atom. The molecular formula is C18H41NNa2O4. The third-order valence-corrected chi connectivity index (χ3v) is 3.18. The number of nitrogens with two attached hydrogens (primary N) is 1. The minimum Gasteiger partial charge on any atom is -1.00 e. The summed E-state index contributed by atoms with van der Waals surface area (Å²) in [5, 5.41) is 7.72. The summed E-state index contributed by atoms with van der Waals surface area (Å²) < 4.78 is 0. The van der Waals surface area contributed by atoms with Gasteiger partial charge in [0.25, 0.3) is 0 Å². The van der Waals surface area contributed by atoms with E-state index in [1.807, 2.05) is 0 Å². The Balaban J connectivity index is -0.0000000461. The summed E-state index contributed by atoms with van der Waals surface area (Å²) in [6.07, 6.45) is 15.0. The number of carbonyl (C=O) groups is 2. The fraction of sp³-hybridized carbons (Fsp3) is 0.889. The van der Waals surface area contributed by atoms with Crippen molar-refractivity contribution >= 4 is 11.9 Å². The maximum absolute atomic E-state index is 9.83. The minimum atomic E-state index is -0.745. The van der Waals surface area contributed by atoms with E-state index in [4.69, 9.17) is 5.11 Å². The average molecular weight is 382 g/mol. The molecular weight excluding hydrogens is 340 g/mol. The van der Waals surface area contributed by atoms with Gasteiger partial charge in [-0.05, 0) is 0 Å². The summed E-state index contributed by atoms with van der Waals surface area (Å²) in [7, 11) is 0. The Kier molecular flexibility index (Phi) is 52.8. The second kappa shape index (κ2) is 35.9. The normalized spacial score (nSPS) is 8.36. The SMILES string of the molecule is CCC(=O)O.CCC(=O)ON.CCCCCCCCCCCC.[H-].[H-].[Na+].[Na+]. The third kappa shape index (κ3) is 51.7. The maximum Gasteiger partial charge on any atom is 1.00 e. The standard InChI is InChI=1S/C12H26.C3H7NO2.C3H6O2.2Na.2H/c1-3-5-7-9-11-12-10-8-6-4-2;1-2-3(5)6-4;1-2-3(4)5;;;;/h3-12H2,1-2H3;2,4H2,1H3;2H2,1H3,(H,4,5);;;;/q;;;2*+1;2*-1. The predicted molar refractivity (Wildman–Crippen MR) is 98.2 cm³/mol. The van der Waals surface area contributed by atoms with Crippen LogP contribution in [0.3, 0.4) is 0 Å². The molecule has 0 heterocycles. The topological polar surface area (TPSA) is 89.6 Å². The first-order valence-electron chi connectivity index (χ1n) is 9.11. The average Bonchev–Trinajstić information content (AvgIpc) is 2.57. The van der Waals surface area contributed by atoms with Crippen molar-refractivity contribution < 1.29 is 81.5 Å². The van der Waals surface area contributed by atoms with Crippen molar-refractivity contribution in [2.45, 2.75) is 105 Å². The van der Waals surface area contributed by atoms with Crippen molar-refractivity contribution in [2.24, 2.45) is 5.90 Å². The van der Waals surface area contributed by atoms with E-state index in [1.54, 1.807) is 13.8 Å². The third-order valence-electron chi connectivity index (χ3n) is 3.18. The number of hydrogen-bond donors (Lipinski definition) is 2. The monoisotopic (exact) mass is 381 g/mol. The number of rotatable bonds is 11. The Hall–Kier alpha value is 0.900. The van der Waals surface area contributed by atoms with Gasteiger partial charge in [-0.2, -0.15) is 5.90 Å². The quantitative estimate of drug-likeness (QED) is 0.285. The molecule has 0 amide bonds. The minimum absolute atomic E-state index is 0. The van der Waals surface area contributed by atoms with Crippen LogP contribution in [0.25, 0.3) is 0 Å². The number of carbonyl (C=O) groups excluding carboxylic acids is 1. The van der Waals surface area contributed by atoms with Crippen LogP contribution >= 0.6 is 0 Å². The van der Waals surface area contributed by atoms with Crippen LogP contribution in [-0.2, 0) is 14.4 Å². The Labute approximate surface area is 202 Å². The maximum atomic E-state index is 9.83. The molecule has 7 heteroatoms. The summed E-state index contributed by atoms with van der Waals surface area (Å²) in [5.74, 6) is 3.31. The zero-order valence-electron chi connectivity index (χ0n) is 19.7. The van der Waals surface area contributed by atoms with Crippen LogP contribution in [0.2, 0.25) is 0 Å². The molecule has 0 spiro atoms. The van der Waals surface area contributed by atoms with Gasteiger partial charge >= 0.3 is 71.1 Å². The van der Waals surface area contributed by atoms with Gasteiger partial charge in [-0.15, -0.1) is 0 Å². The van der Waals surface area contributed by atoms with Crippen molar-refractivity contribution in [2.75, 3.05) is 0 Å². The second-order valence-corrected chi connectivity index (χ2v) is 5.42. The number of carboxylic acids is 1. The molecule has 0 fully saturated rings. The van der Waals surface area contributed by atoms with Gasteiger partial charge < -0.3 is 12.8 Å². The van der Waals surface area contributed by atoms with Crippen LogP contribution in [0.1, 0.15) is 108 Å². The van der Waals surface area contributed by atoms with E-state index in [2.05, 4.69) is 24.6 Å². The van der Waals surface area contributed by atoms with Crippen molar-refractivity contribution in [3.05, 3.63) is 0 Å². The predicted octanol–water partition coefficient (Wildman–Crippen LogP) is -0.545. The van der Waals surface area contributed by atoms with E-state index in [-0.39, 0.29) is 74.4 Å². The first-order chi connectivity index (χ1) is 11.0. The van der Waals surface area contributed by atoms with Gasteiger partial charge in [0.1, 0.15) is 0 Å². The molecule has 0 saturated carbocycles. The van der Waals surface area contributed by atoms with E-state index >= 15 is 0 Å². The van der Waals surface area contributed by atoms with Crippen LogP contribution in [0.15, 0.2) is 0 Å². The van der Waals surface area contributed by atoms with Crippen molar-refractivity contribution in [1.82, 2.24) is 0 Å². The molecule has 5 nitrogen and oxygen atoms in total. The van der Waals surface area contributed by atoms with Crippen LogP contribution < -0.4 is 65.0 Å². The molecule has 0 rings (SSSR count). The smallest absolute Gasteiger partial charge is 1.00 e. The van der Waals surface area contributed by atoms with Crippen molar-refractivity contribution in [1.29, 1.82) is 0 Å². The molecule has 0 aromatic carbocycles. The summed E-state index contributed by atoms with van der Waals surface area (Å²) in [6.45, 7) is 7.83. The molecule has 0 aromatic heterocycles. The summed E-state index contributed by atoms with van der Waals surface area (Å²) in [4.78, 5) is 23.0. The molecule has 144 valence electrons. The van der Waals surface area contributed by atoms with Gasteiger partial charge in [0, 0.05) is 12.8 Å². The first kappa shape index (κ1) is 36.8. The van der Waals surface area contributed by atoms with Crippen LogP contribution in [-0.4, -0.2) is 17.0 Å². The molecule has 0 radical (unpaired) electrons. The molecule has 0 bridgehead atoms. The number of carboxylic acid groups (broad SMARTS) is 1. The zero-order chi connectivity index (χ0) is 18.3. The fourth-order valence-corrected chi connectivity index (χ4v) is 1.64. The second-order valence-electron chi connectivity index (χ2n) is 5.42. The number of hydrogen-bond acceptors (Lipinski definition) is 4. The van der Waals surface area contributed by atoms with Gasteiger partial charge in [-0.1, -0.05) is 91.9 Å². The molecule has 3 N–H and O–H groups in total. The largest absolute Gasteiger partial charge is 1.00 e. The molecule has 25 heavy (non-hydrogen) atoms. The molecule has 0 aliphatic carbocycles. The molecule has 0 aliphatic heterocycles. The van der Waals surface area contributed by atoms with Crippen molar-refractivity contribution in [3.8, 4) is 0 Å². The van der Waals surface area contributed by atoms with Gasteiger partial charge in [-0.3, -0.25) is 9.59 Å².